The predicted molar refractivity (Wildman–Crippen MR) is 77.6 cm³/mol. The second kappa shape index (κ2) is 6.20. The Morgan fingerprint density at radius 2 is 1.75 bits per heavy atom. The Balaban J connectivity index is 2.30. The molecule has 0 aliphatic heterocycles. The van der Waals surface area contributed by atoms with Crippen LogP contribution in [-0.2, 0) is 12.7 Å². The van der Waals surface area contributed by atoms with Crippen molar-refractivity contribution in [1.29, 1.82) is 0 Å². The molecule has 20 heavy (non-hydrogen) atoms. The molecule has 2 N–H and O–H groups in total. The van der Waals surface area contributed by atoms with Crippen LogP contribution >= 0.6 is 27.7 Å². The monoisotopic (exact) mass is 361 g/mol. The molecule has 2 aromatic carbocycles. The Kier molecular flexibility index (Phi) is 4.78. The molecule has 6 heteroatoms. The van der Waals surface area contributed by atoms with E-state index < -0.39 is 11.7 Å². The highest BCUT2D eigenvalue weighted by Gasteiger charge is 2.32. The van der Waals surface area contributed by atoms with Crippen molar-refractivity contribution < 1.29 is 13.2 Å². The standard InChI is InChI=1S/C14H11BrF3NS/c15-10-2-1-3-11(7-10)20-12-4-5-13(14(16,17)18)9(6-12)8-19/h1-7H,8,19H2. The summed E-state index contributed by atoms with van der Waals surface area (Å²) in [6.45, 7) is -0.137. The van der Waals surface area contributed by atoms with Gasteiger partial charge in [0.25, 0.3) is 0 Å². The summed E-state index contributed by atoms with van der Waals surface area (Å²) >= 11 is 4.76. The van der Waals surface area contributed by atoms with Gasteiger partial charge in [-0.05, 0) is 42.0 Å². The first kappa shape index (κ1) is 15.4. The minimum absolute atomic E-state index is 0.109. The lowest BCUT2D eigenvalue weighted by atomic mass is 10.1. The quantitative estimate of drug-likeness (QED) is 0.824. The van der Waals surface area contributed by atoms with Crippen molar-refractivity contribution in [2.24, 2.45) is 5.73 Å². The van der Waals surface area contributed by atoms with Gasteiger partial charge in [-0.25, -0.2) is 0 Å². The molecular formula is C14H11BrF3NS. The Labute approximate surface area is 127 Å². The molecule has 0 fully saturated rings. The van der Waals surface area contributed by atoms with Crippen LogP contribution in [0.3, 0.4) is 0 Å². The maximum absolute atomic E-state index is 12.8. The number of hydrogen-bond donors (Lipinski definition) is 1. The van der Waals surface area contributed by atoms with Crippen LogP contribution in [0.5, 0.6) is 0 Å². The highest BCUT2D eigenvalue weighted by Crippen LogP contribution is 2.36. The molecule has 2 aromatic rings. The van der Waals surface area contributed by atoms with E-state index in [9.17, 15) is 13.2 Å². The van der Waals surface area contributed by atoms with Crippen LogP contribution < -0.4 is 5.73 Å². The molecule has 106 valence electrons. The fourth-order valence-corrected chi connectivity index (χ4v) is 3.24. The summed E-state index contributed by atoms with van der Waals surface area (Å²) in [6.07, 6.45) is -4.37. The van der Waals surface area contributed by atoms with Crippen molar-refractivity contribution in [3.05, 3.63) is 58.1 Å². The van der Waals surface area contributed by atoms with Crippen LogP contribution in [0.25, 0.3) is 0 Å². The second-order valence-electron chi connectivity index (χ2n) is 4.08. The Morgan fingerprint density at radius 3 is 2.35 bits per heavy atom. The van der Waals surface area contributed by atoms with Crippen molar-refractivity contribution >= 4 is 27.7 Å². The molecule has 0 radical (unpaired) electrons. The molecule has 0 unspecified atom stereocenters. The molecule has 0 aliphatic rings. The Morgan fingerprint density at radius 1 is 1.05 bits per heavy atom. The van der Waals surface area contributed by atoms with Gasteiger partial charge in [-0.15, -0.1) is 0 Å². The third kappa shape index (κ3) is 3.77. The molecular weight excluding hydrogens is 351 g/mol. The SMILES string of the molecule is NCc1cc(Sc2cccc(Br)c2)ccc1C(F)(F)F. The third-order valence-electron chi connectivity index (χ3n) is 2.63. The molecule has 0 aromatic heterocycles. The smallest absolute Gasteiger partial charge is 0.326 e. The molecule has 0 atom stereocenters. The average Bonchev–Trinajstić information content (AvgIpc) is 2.37. The van der Waals surface area contributed by atoms with E-state index in [1.807, 2.05) is 24.3 Å². The second-order valence-corrected chi connectivity index (χ2v) is 6.14. The number of nitrogens with two attached hydrogens (primary N) is 1. The molecule has 0 heterocycles. The molecule has 0 spiro atoms. The maximum atomic E-state index is 12.8. The number of benzene rings is 2. The van der Waals surface area contributed by atoms with E-state index in [4.69, 9.17) is 5.73 Å². The number of alkyl halides is 3. The average molecular weight is 362 g/mol. The first-order chi connectivity index (χ1) is 9.40. The van der Waals surface area contributed by atoms with E-state index in [1.54, 1.807) is 0 Å². The molecule has 0 bridgehead atoms. The highest BCUT2D eigenvalue weighted by atomic mass is 79.9. The van der Waals surface area contributed by atoms with Gasteiger partial charge in [0.15, 0.2) is 0 Å². The van der Waals surface area contributed by atoms with Gasteiger partial charge >= 0.3 is 6.18 Å². The van der Waals surface area contributed by atoms with Gasteiger partial charge < -0.3 is 5.73 Å². The fraction of sp³-hybridized carbons (Fsp3) is 0.143. The lowest BCUT2D eigenvalue weighted by molar-refractivity contribution is -0.138. The molecule has 0 saturated heterocycles. The first-order valence-electron chi connectivity index (χ1n) is 5.74. The molecule has 0 aliphatic carbocycles. The third-order valence-corrected chi connectivity index (χ3v) is 4.11. The molecule has 1 nitrogen and oxygen atoms in total. The molecule has 0 amide bonds. The van der Waals surface area contributed by atoms with E-state index in [0.717, 1.165) is 20.3 Å². The van der Waals surface area contributed by atoms with Crippen LogP contribution in [0.1, 0.15) is 11.1 Å². The van der Waals surface area contributed by atoms with Gasteiger partial charge in [-0.2, -0.15) is 13.2 Å². The topological polar surface area (TPSA) is 26.0 Å². The number of hydrogen-bond acceptors (Lipinski definition) is 2. The number of halogens is 4. The summed E-state index contributed by atoms with van der Waals surface area (Å²) in [6, 6.07) is 11.6. The Hall–Kier alpha value is -0.980. The fourth-order valence-electron chi connectivity index (χ4n) is 1.75. The molecule has 2 rings (SSSR count). The summed E-state index contributed by atoms with van der Waals surface area (Å²) in [4.78, 5) is 1.68. The summed E-state index contributed by atoms with van der Waals surface area (Å²) in [7, 11) is 0. The zero-order chi connectivity index (χ0) is 14.8. The predicted octanol–water partition coefficient (Wildman–Crippen LogP) is 5.08. The zero-order valence-corrected chi connectivity index (χ0v) is 12.6. The van der Waals surface area contributed by atoms with Gasteiger partial charge in [0.1, 0.15) is 0 Å². The van der Waals surface area contributed by atoms with Crippen molar-refractivity contribution in [3.63, 3.8) is 0 Å². The summed E-state index contributed by atoms with van der Waals surface area (Å²) in [5.74, 6) is 0. The van der Waals surface area contributed by atoms with E-state index in [2.05, 4.69) is 15.9 Å². The minimum atomic E-state index is -4.37. The first-order valence-corrected chi connectivity index (χ1v) is 7.34. The van der Waals surface area contributed by atoms with Gasteiger partial charge in [0.2, 0.25) is 0 Å². The van der Waals surface area contributed by atoms with Crippen LogP contribution in [0.4, 0.5) is 13.2 Å². The van der Waals surface area contributed by atoms with E-state index in [1.165, 1.54) is 23.9 Å². The highest BCUT2D eigenvalue weighted by molar-refractivity contribution is 9.10. The largest absolute Gasteiger partial charge is 0.416 e. The van der Waals surface area contributed by atoms with Crippen LogP contribution in [0, 0.1) is 0 Å². The van der Waals surface area contributed by atoms with Crippen LogP contribution in [0.15, 0.2) is 56.7 Å². The van der Waals surface area contributed by atoms with Gasteiger partial charge in [0, 0.05) is 20.8 Å². The summed E-state index contributed by atoms with van der Waals surface area (Å²) in [5, 5.41) is 0. The van der Waals surface area contributed by atoms with Crippen molar-refractivity contribution in [2.75, 3.05) is 0 Å². The van der Waals surface area contributed by atoms with E-state index in [0.29, 0.717) is 0 Å². The lowest BCUT2D eigenvalue weighted by Gasteiger charge is -2.13. The Bertz CT molecular complexity index is 614. The molecule has 0 saturated carbocycles. The summed E-state index contributed by atoms with van der Waals surface area (Å²) in [5.41, 5.74) is 4.86. The van der Waals surface area contributed by atoms with Gasteiger partial charge in [0.05, 0.1) is 5.56 Å². The van der Waals surface area contributed by atoms with Crippen molar-refractivity contribution in [3.8, 4) is 0 Å². The van der Waals surface area contributed by atoms with Crippen molar-refractivity contribution in [2.45, 2.75) is 22.5 Å². The van der Waals surface area contributed by atoms with E-state index in [-0.39, 0.29) is 12.1 Å². The van der Waals surface area contributed by atoms with Gasteiger partial charge in [-0.3, -0.25) is 0 Å². The maximum Gasteiger partial charge on any atom is 0.416 e. The van der Waals surface area contributed by atoms with Crippen LogP contribution in [0.2, 0.25) is 0 Å². The normalized spacial score (nSPS) is 11.7. The van der Waals surface area contributed by atoms with Gasteiger partial charge in [-0.1, -0.05) is 33.8 Å². The van der Waals surface area contributed by atoms with Crippen LogP contribution in [-0.4, -0.2) is 0 Å². The zero-order valence-electron chi connectivity index (χ0n) is 10.2. The lowest BCUT2D eigenvalue weighted by Crippen LogP contribution is -2.11. The summed E-state index contributed by atoms with van der Waals surface area (Å²) < 4.78 is 39.3. The van der Waals surface area contributed by atoms with E-state index >= 15 is 0 Å². The number of rotatable bonds is 3. The van der Waals surface area contributed by atoms with Crippen molar-refractivity contribution in [1.82, 2.24) is 0 Å². The minimum Gasteiger partial charge on any atom is -0.326 e.